The summed E-state index contributed by atoms with van der Waals surface area (Å²) in [6.07, 6.45) is 3.33. The van der Waals surface area contributed by atoms with Crippen LogP contribution in [0.4, 0.5) is 0 Å². The summed E-state index contributed by atoms with van der Waals surface area (Å²) in [6.45, 7) is 0.353. The maximum Gasteiger partial charge on any atom is 0.251 e. The van der Waals surface area contributed by atoms with Crippen molar-refractivity contribution in [1.29, 1.82) is 0 Å². The lowest BCUT2D eigenvalue weighted by molar-refractivity contribution is 0.0948. The van der Waals surface area contributed by atoms with Crippen molar-refractivity contribution in [2.75, 3.05) is 0 Å². The number of aryl methyl sites for hydroxylation is 1. The molecule has 0 aliphatic carbocycles. The van der Waals surface area contributed by atoms with E-state index in [-0.39, 0.29) is 5.91 Å². The molecule has 1 aromatic carbocycles. The summed E-state index contributed by atoms with van der Waals surface area (Å²) in [5, 5.41) is 2.85. The molecular formula is C19H16N4O2. The SMILES string of the molecule is Cn1c(-c2cccc(C(=O)NCc3ccco3)c2)nc2cccnc21. The van der Waals surface area contributed by atoms with Crippen molar-refractivity contribution in [2.45, 2.75) is 6.54 Å². The number of benzene rings is 1. The predicted octanol–water partition coefficient (Wildman–Crippen LogP) is 3.16. The van der Waals surface area contributed by atoms with E-state index in [9.17, 15) is 4.79 Å². The van der Waals surface area contributed by atoms with Gasteiger partial charge in [-0.2, -0.15) is 0 Å². The minimum Gasteiger partial charge on any atom is -0.467 e. The highest BCUT2D eigenvalue weighted by molar-refractivity contribution is 5.95. The first-order valence-corrected chi connectivity index (χ1v) is 7.91. The number of carbonyl (C=O) groups excluding carboxylic acids is 1. The molecule has 6 nitrogen and oxygen atoms in total. The molecule has 3 aromatic heterocycles. The molecule has 0 unspecified atom stereocenters. The molecule has 3 heterocycles. The minimum absolute atomic E-state index is 0.157. The van der Waals surface area contributed by atoms with E-state index in [2.05, 4.69) is 15.3 Å². The fraction of sp³-hybridized carbons (Fsp3) is 0.105. The van der Waals surface area contributed by atoms with Crippen molar-refractivity contribution in [1.82, 2.24) is 19.9 Å². The lowest BCUT2D eigenvalue weighted by Gasteiger charge is -2.06. The van der Waals surface area contributed by atoms with Gasteiger partial charge in [0.1, 0.15) is 17.1 Å². The van der Waals surface area contributed by atoms with Gasteiger partial charge in [-0.15, -0.1) is 0 Å². The Bertz CT molecular complexity index is 1030. The smallest absolute Gasteiger partial charge is 0.251 e. The van der Waals surface area contributed by atoms with Crippen LogP contribution >= 0.6 is 0 Å². The number of aromatic nitrogens is 3. The Hall–Kier alpha value is -3.41. The fourth-order valence-electron chi connectivity index (χ4n) is 2.76. The van der Waals surface area contributed by atoms with Crippen molar-refractivity contribution in [3.63, 3.8) is 0 Å². The van der Waals surface area contributed by atoms with Gasteiger partial charge in [0, 0.05) is 24.4 Å². The van der Waals surface area contributed by atoms with Crippen LogP contribution in [0.5, 0.6) is 0 Å². The number of fused-ring (bicyclic) bond motifs is 1. The van der Waals surface area contributed by atoms with E-state index in [1.807, 2.05) is 48.0 Å². The van der Waals surface area contributed by atoms with Gasteiger partial charge in [-0.3, -0.25) is 4.79 Å². The summed E-state index contributed by atoms with van der Waals surface area (Å²) in [5.74, 6) is 1.33. The molecule has 0 radical (unpaired) electrons. The third-order valence-electron chi connectivity index (χ3n) is 4.01. The largest absolute Gasteiger partial charge is 0.467 e. The van der Waals surface area contributed by atoms with Crippen LogP contribution < -0.4 is 5.32 Å². The van der Waals surface area contributed by atoms with Gasteiger partial charge < -0.3 is 14.3 Å². The van der Waals surface area contributed by atoms with E-state index in [0.29, 0.717) is 17.9 Å². The van der Waals surface area contributed by atoms with Crippen molar-refractivity contribution in [2.24, 2.45) is 7.05 Å². The Balaban J connectivity index is 1.62. The quantitative estimate of drug-likeness (QED) is 0.623. The van der Waals surface area contributed by atoms with E-state index >= 15 is 0 Å². The van der Waals surface area contributed by atoms with Crippen LogP contribution in [0, 0.1) is 0 Å². The Morgan fingerprint density at radius 3 is 2.92 bits per heavy atom. The van der Waals surface area contributed by atoms with Crippen molar-refractivity contribution >= 4 is 17.1 Å². The number of pyridine rings is 1. The number of rotatable bonds is 4. The van der Waals surface area contributed by atoms with Crippen LogP contribution in [0.1, 0.15) is 16.1 Å². The maximum absolute atomic E-state index is 12.4. The number of furan rings is 1. The molecule has 25 heavy (non-hydrogen) atoms. The maximum atomic E-state index is 12.4. The number of imidazole rings is 1. The molecule has 0 atom stereocenters. The van der Waals surface area contributed by atoms with Gasteiger partial charge in [0.25, 0.3) is 5.91 Å². The van der Waals surface area contributed by atoms with Crippen molar-refractivity contribution < 1.29 is 9.21 Å². The van der Waals surface area contributed by atoms with Crippen LogP contribution in [-0.2, 0) is 13.6 Å². The first-order valence-electron chi connectivity index (χ1n) is 7.91. The Morgan fingerprint density at radius 1 is 1.20 bits per heavy atom. The van der Waals surface area contributed by atoms with E-state index in [0.717, 1.165) is 22.6 Å². The Labute approximate surface area is 144 Å². The normalized spacial score (nSPS) is 10.9. The molecule has 0 saturated carbocycles. The number of nitrogens with one attached hydrogen (secondary N) is 1. The molecule has 0 saturated heterocycles. The predicted molar refractivity (Wildman–Crippen MR) is 93.8 cm³/mol. The van der Waals surface area contributed by atoms with Crippen molar-refractivity contribution in [3.8, 4) is 11.4 Å². The summed E-state index contributed by atoms with van der Waals surface area (Å²) in [5.41, 5.74) is 3.08. The zero-order valence-electron chi connectivity index (χ0n) is 13.6. The highest BCUT2D eigenvalue weighted by atomic mass is 16.3. The third kappa shape index (κ3) is 2.89. The molecule has 4 rings (SSSR count). The molecule has 0 fully saturated rings. The summed E-state index contributed by atoms with van der Waals surface area (Å²) >= 11 is 0. The number of hydrogen-bond donors (Lipinski definition) is 1. The summed E-state index contributed by atoms with van der Waals surface area (Å²) in [6, 6.07) is 14.8. The Kier molecular flexibility index (Phi) is 3.78. The molecule has 0 spiro atoms. The summed E-state index contributed by atoms with van der Waals surface area (Å²) < 4.78 is 7.15. The van der Waals surface area contributed by atoms with E-state index in [1.165, 1.54) is 0 Å². The zero-order chi connectivity index (χ0) is 17.2. The van der Waals surface area contributed by atoms with Gasteiger partial charge in [-0.25, -0.2) is 9.97 Å². The van der Waals surface area contributed by atoms with Crippen LogP contribution in [-0.4, -0.2) is 20.4 Å². The lowest BCUT2D eigenvalue weighted by Crippen LogP contribution is -2.22. The molecule has 1 N–H and O–H groups in total. The lowest BCUT2D eigenvalue weighted by atomic mass is 10.1. The highest BCUT2D eigenvalue weighted by Crippen LogP contribution is 2.23. The van der Waals surface area contributed by atoms with Crippen LogP contribution in [0.3, 0.4) is 0 Å². The summed E-state index contributed by atoms with van der Waals surface area (Å²) in [7, 11) is 1.92. The standard InChI is InChI=1S/C19H16N4O2/c1-23-17(22-16-8-3-9-20-18(16)23)13-5-2-6-14(11-13)19(24)21-12-15-7-4-10-25-15/h2-11H,12H2,1H3,(H,21,24). The zero-order valence-corrected chi connectivity index (χ0v) is 13.6. The molecular weight excluding hydrogens is 316 g/mol. The molecule has 6 heteroatoms. The molecule has 0 aliphatic rings. The van der Waals surface area contributed by atoms with Crippen LogP contribution in [0.25, 0.3) is 22.6 Å². The van der Waals surface area contributed by atoms with Crippen LogP contribution in [0.2, 0.25) is 0 Å². The molecule has 0 aliphatic heterocycles. The fourth-order valence-corrected chi connectivity index (χ4v) is 2.76. The molecule has 0 bridgehead atoms. The van der Waals surface area contributed by atoms with Crippen LogP contribution in [0.15, 0.2) is 65.4 Å². The third-order valence-corrected chi connectivity index (χ3v) is 4.01. The summed E-state index contributed by atoms with van der Waals surface area (Å²) in [4.78, 5) is 21.4. The monoisotopic (exact) mass is 332 g/mol. The number of hydrogen-bond acceptors (Lipinski definition) is 4. The molecule has 4 aromatic rings. The number of amides is 1. The second-order valence-corrected chi connectivity index (χ2v) is 5.68. The second-order valence-electron chi connectivity index (χ2n) is 5.68. The van der Waals surface area contributed by atoms with Gasteiger partial charge >= 0.3 is 0 Å². The van der Waals surface area contributed by atoms with Gasteiger partial charge in [0.2, 0.25) is 0 Å². The van der Waals surface area contributed by atoms with E-state index < -0.39 is 0 Å². The first-order chi connectivity index (χ1) is 12.2. The average molecular weight is 332 g/mol. The number of carbonyl (C=O) groups is 1. The van der Waals surface area contributed by atoms with Gasteiger partial charge in [0.05, 0.1) is 12.8 Å². The number of nitrogens with zero attached hydrogens (tertiary/aromatic N) is 3. The highest BCUT2D eigenvalue weighted by Gasteiger charge is 2.13. The first kappa shape index (κ1) is 15.1. The van der Waals surface area contributed by atoms with E-state index in [1.54, 1.807) is 24.6 Å². The van der Waals surface area contributed by atoms with Gasteiger partial charge in [-0.05, 0) is 36.4 Å². The minimum atomic E-state index is -0.157. The second kappa shape index (κ2) is 6.24. The molecule has 1 amide bonds. The van der Waals surface area contributed by atoms with E-state index in [4.69, 9.17) is 4.42 Å². The average Bonchev–Trinajstić information content (AvgIpc) is 3.28. The van der Waals surface area contributed by atoms with Gasteiger partial charge in [0.15, 0.2) is 5.65 Å². The topological polar surface area (TPSA) is 73.0 Å². The van der Waals surface area contributed by atoms with Gasteiger partial charge in [-0.1, -0.05) is 12.1 Å². The Morgan fingerprint density at radius 2 is 2.12 bits per heavy atom. The van der Waals surface area contributed by atoms with Crippen molar-refractivity contribution in [3.05, 3.63) is 72.3 Å². The molecule has 124 valence electrons.